The molecule has 1 aliphatic rings. The molecule has 0 radical (unpaired) electrons. The van der Waals surface area contributed by atoms with Crippen molar-refractivity contribution in [3.63, 3.8) is 0 Å². The molecule has 0 atom stereocenters. The van der Waals surface area contributed by atoms with E-state index in [4.69, 9.17) is 4.42 Å². The van der Waals surface area contributed by atoms with Crippen LogP contribution in [0.25, 0.3) is 11.0 Å². The molecule has 0 spiro atoms. The number of nitrogens with one attached hydrogen (secondary N) is 1. The maximum absolute atomic E-state index is 12.5. The molecule has 2 heterocycles. The second-order valence-corrected chi connectivity index (χ2v) is 9.17. The Balaban J connectivity index is 1.27. The lowest BCUT2D eigenvalue weighted by Gasteiger charge is -2.32. The summed E-state index contributed by atoms with van der Waals surface area (Å²) >= 11 is 0. The van der Waals surface area contributed by atoms with Gasteiger partial charge in [-0.1, -0.05) is 30.3 Å². The molecule has 6 heteroatoms. The van der Waals surface area contributed by atoms with Gasteiger partial charge in [-0.25, -0.2) is 4.79 Å². The largest absolute Gasteiger partial charge is 0.507 e. The Morgan fingerprint density at radius 3 is 2.61 bits per heavy atom. The number of rotatable bonds is 7. The van der Waals surface area contributed by atoms with Gasteiger partial charge in [-0.2, -0.15) is 0 Å². The number of hydrogen-bond donors (Lipinski definition) is 2. The molecule has 0 saturated carbocycles. The average molecular weight is 449 g/mol. The van der Waals surface area contributed by atoms with Crippen LogP contribution in [0.3, 0.4) is 0 Å². The van der Waals surface area contributed by atoms with Gasteiger partial charge in [0.1, 0.15) is 11.3 Å². The van der Waals surface area contributed by atoms with E-state index in [1.54, 1.807) is 19.1 Å². The summed E-state index contributed by atoms with van der Waals surface area (Å²) in [5, 5.41) is 13.8. The van der Waals surface area contributed by atoms with Gasteiger partial charge in [-0.3, -0.25) is 9.69 Å². The first kappa shape index (κ1) is 23.1. The first-order valence-corrected chi connectivity index (χ1v) is 11.7. The summed E-state index contributed by atoms with van der Waals surface area (Å²) in [4.78, 5) is 27.5. The normalized spacial score (nSPS) is 15.1. The third kappa shape index (κ3) is 5.63. The Bertz CT molecular complexity index is 1180. The van der Waals surface area contributed by atoms with Gasteiger partial charge in [0.05, 0.1) is 17.4 Å². The Labute approximate surface area is 194 Å². The molecule has 2 aromatic carbocycles. The number of phenols is 1. The van der Waals surface area contributed by atoms with Gasteiger partial charge in [0.25, 0.3) is 0 Å². The zero-order chi connectivity index (χ0) is 23.4. The molecule has 0 bridgehead atoms. The third-order valence-electron chi connectivity index (χ3n) is 6.67. The number of piperidine rings is 1. The Kier molecular flexibility index (Phi) is 7.14. The van der Waals surface area contributed by atoms with Crippen molar-refractivity contribution in [1.29, 1.82) is 0 Å². The highest BCUT2D eigenvalue weighted by Crippen LogP contribution is 2.30. The molecule has 2 N–H and O–H groups in total. The predicted molar refractivity (Wildman–Crippen MR) is 129 cm³/mol. The summed E-state index contributed by atoms with van der Waals surface area (Å²) in [6.45, 7) is 7.32. The monoisotopic (exact) mass is 448 g/mol. The average Bonchev–Trinajstić information content (AvgIpc) is 2.78. The van der Waals surface area contributed by atoms with Gasteiger partial charge in [-0.15, -0.1) is 0 Å². The van der Waals surface area contributed by atoms with Crippen LogP contribution >= 0.6 is 0 Å². The van der Waals surface area contributed by atoms with Crippen LogP contribution in [0.4, 0.5) is 0 Å². The molecule has 4 rings (SSSR count). The number of hydrogen-bond acceptors (Lipinski definition) is 5. The highest BCUT2D eigenvalue weighted by Gasteiger charge is 2.20. The van der Waals surface area contributed by atoms with Crippen molar-refractivity contribution in [1.82, 2.24) is 10.2 Å². The highest BCUT2D eigenvalue weighted by molar-refractivity contribution is 5.89. The molecule has 1 saturated heterocycles. The number of carbonyl (C=O) groups is 1. The van der Waals surface area contributed by atoms with Crippen LogP contribution in [0.2, 0.25) is 0 Å². The molecule has 0 aliphatic carbocycles. The van der Waals surface area contributed by atoms with Gasteiger partial charge in [0.2, 0.25) is 5.91 Å². The number of phenolic OH excluding ortho intramolecular Hbond substituents is 1. The fourth-order valence-electron chi connectivity index (χ4n) is 4.78. The number of nitrogens with zero attached hydrogens (tertiary/aromatic N) is 1. The number of likely N-dealkylation sites (tertiary alicyclic amines) is 1. The van der Waals surface area contributed by atoms with E-state index in [0.717, 1.165) is 44.5 Å². The van der Waals surface area contributed by atoms with Crippen LogP contribution in [0.5, 0.6) is 5.75 Å². The maximum Gasteiger partial charge on any atom is 0.340 e. The van der Waals surface area contributed by atoms with E-state index in [1.807, 2.05) is 13.0 Å². The summed E-state index contributed by atoms with van der Waals surface area (Å²) in [6, 6.07) is 13.9. The molecular weight excluding hydrogens is 416 g/mol. The second kappa shape index (κ2) is 10.2. The van der Waals surface area contributed by atoms with E-state index in [0.29, 0.717) is 34.6 Å². The highest BCUT2D eigenvalue weighted by atomic mass is 16.4. The van der Waals surface area contributed by atoms with E-state index in [9.17, 15) is 14.7 Å². The molecule has 174 valence electrons. The van der Waals surface area contributed by atoms with Crippen molar-refractivity contribution in [2.45, 2.75) is 46.1 Å². The molecule has 0 unspecified atom stereocenters. The lowest BCUT2D eigenvalue weighted by Crippen LogP contribution is -2.35. The number of carbonyl (C=O) groups excluding carboxylic acids is 1. The lowest BCUT2D eigenvalue weighted by molar-refractivity contribution is -0.120. The lowest BCUT2D eigenvalue weighted by atomic mass is 9.93. The Morgan fingerprint density at radius 1 is 1.15 bits per heavy atom. The van der Waals surface area contributed by atoms with Crippen LogP contribution in [0.15, 0.2) is 51.7 Å². The maximum atomic E-state index is 12.5. The molecule has 1 amide bonds. The Hall–Kier alpha value is -3.12. The van der Waals surface area contributed by atoms with Crippen molar-refractivity contribution >= 4 is 16.9 Å². The molecular formula is C27H32N2O4. The molecule has 1 aromatic heterocycles. The first-order valence-electron chi connectivity index (χ1n) is 11.7. The summed E-state index contributed by atoms with van der Waals surface area (Å²) in [7, 11) is 0. The SMILES string of the molecule is Cc1cc(O)c2c(C)c(CC(=O)NCCC3CCN(Cc4ccccc4)CC3)c(=O)oc2c1. The number of fused-ring (bicyclic) bond motifs is 1. The van der Waals surface area contributed by atoms with Gasteiger partial charge >= 0.3 is 5.63 Å². The molecule has 6 nitrogen and oxygen atoms in total. The molecule has 1 fully saturated rings. The van der Waals surface area contributed by atoms with Crippen LogP contribution in [0, 0.1) is 19.8 Å². The van der Waals surface area contributed by atoms with Crippen molar-refractivity contribution in [2.24, 2.45) is 5.92 Å². The van der Waals surface area contributed by atoms with Crippen molar-refractivity contribution in [2.75, 3.05) is 19.6 Å². The number of aromatic hydroxyl groups is 1. The predicted octanol–water partition coefficient (Wildman–Crippen LogP) is 4.08. The number of aryl methyl sites for hydroxylation is 2. The summed E-state index contributed by atoms with van der Waals surface area (Å²) in [5.41, 5.74) is 2.87. The standard InChI is InChI=1S/C27H32N2O4/c1-18-14-23(30)26-19(2)22(27(32)33-24(26)15-18)16-25(31)28-11-8-20-9-12-29(13-10-20)17-21-6-4-3-5-7-21/h3-7,14-15,20,30H,8-13,16-17H2,1-2H3,(H,28,31). The van der Waals surface area contributed by atoms with Crippen LogP contribution in [0.1, 0.15) is 41.5 Å². The molecule has 33 heavy (non-hydrogen) atoms. The van der Waals surface area contributed by atoms with Gasteiger partial charge in [0, 0.05) is 13.1 Å². The zero-order valence-corrected chi connectivity index (χ0v) is 19.4. The van der Waals surface area contributed by atoms with Crippen LogP contribution in [-0.4, -0.2) is 35.5 Å². The van der Waals surface area contributed by atoms with Crippen LogP contribution < -0.4 is 10.9 Å². The molecule has 3 aromatic rings. The summed E-state index contributed by atoms with van der Waals surface area (Å²) in [5.74, 6) is 0.467. The first-order chi connectivity index (χ1) is 15.9. The second-order valence-electron chi connectivity index (χ2n) is 9.17. The zero-order valence-electron chi connectivity index (χ0n) is 19.4. The van der Waals surface area contributed by atoms with Gasteiger partial charge in [0.15, 0.2) is 0 Å². The fourth-order valence-corrected chi connectivity index (χ4v) is 4.78. The van der Waals surface area contributed by atoms with Gasteiger partial charge in [-0.05, 0) is 80.9 Å². The minimum absolute atomic E-state index is 0.0487. The van der Waals surface area contributed by atoms with E-state index < -0.39 is 5.63 Å². The van der Waals surface area contributed by atoms with E-state index in [1.165, 1.54) is 5.56 Å². The van der Waals surface area contributed by atoms with Gasteiger partial charge < -0.3 is 14.8 Å². The molecule has 1 aliphatic heterocycles. The third-order valence-corrected chi connectivity index (χ3v) is 6.67. The van der Waals surface area contributed by atoms with Crippen LogP contribution in [-0.2, 0) is 17.8 Å². The quantitative estimate of drug-likeness (QED) is 0.532. The van der Waals surface area contributed by atoms with E-state index in [2.05, 4.69) is 34.5 Å². The Morgan fingerprint density at radius 2 is 1.88 bits per heavy atom. The minimum Gasteiger partial charge on any atom is -0.507 e. The summed E-state index contributed by atoms with van der Waals surface area (Å²) in [6.07, 6.45) is 3.16. The van der Waals surface area contributed by atoms with E-state index >= 15 is 0 Å². The van der Waals surface area contributed by atoms with Crippen molar-refractivity contribution < 1.29 is 14.3 Å². The van der Waals surface area contributed by atoms with Crippen molar-refractivity contribution in [3.8, 4) is 5.75 Å². The summed E-state index contributed by atoms with van der Waals surface area (Å²) < 4.78 is 5.39. The minimum atomic E-state index is -0.522. The van der Waals surface area contributed by atoms with Crippen molar-refractivity contribution in [3.05, 3.63) is 75.1 Å². The number of amides is 1. The van der Waals surface area contributed by atoms with E-state index in [-0.39, 0.29) is 18.1 Å². The fraction of sp³-hybridized carbons (Fsp3) is 0.407. The number of benzene rings is 2. The smallest absolute Gasteiger partial charge is 0.340 e. The topological polar surface area (TPSA) is 82.8 Å².